The number of rotatable bonds is 8. The van der Waals surface area contributed by atoms with Crippen molar-refractivity contribution < 1.29 is 13.2 Å². The zero-order chi connectivity index (χ0) is 27.4. The monoisotopic (exact) mass is 548 g/mol. The SMILES string of the molecule is Cc1ccc(N(CC(=O)N/N=C\c2cc(C)n(-c3ccccc3C)c2C)S(=O)(=O)c2ccccc2)cc1Cl. The predicted molar refractivity (Wildman–Crippen MR) is 153 cm³/mol. The minimum absolute atomic E-state index is 0.0663. The molecule has 0 radical (unpaired) electrons. The zero-order valence-corrected chi connectivity index (χ0v) is 23.2. The van der Waals surface area contributed by atoms with Crippen LogP contribution in [0.4, 0.5) is 5.69 Å². The van der Waals surface area contributed by atoms with E-state index in [9.17, 15) is 13.2 Å². The van der Waals surface area contributed by atoms with Gasteiger partial charge in [0.25, 0.3) is 15.9 Å². The molecule has 4 rings (SSSR count). The quantitative estimate of drug-likeness (QED) is 0.226. The van der Waals surface area contributed by atoms with E-state index in [1.165, 1.54) is 18.2 Å². The minimum Gasteiger partial charge on any atom is -0.318 e. The number of sulfonamides is 1. The fraction of sp³-hybridized carbons (Fsp3) is 0.172. The molecule has 1 heterocycles. The van der Waals surface area contributed by atoms with Crippen molar-refractivity contribution >= 4 is 39.4 Å². The summed E-state index contributed by atoms with van der Waals surface area (Å²) in [6.45, 7) is 7.39. The summed E-state index contributed by atoms with van der Waals surface area (Å²) in [7, 11) is -4.04. The van der Waals surface area contributed by atoms with Gasteiger partial charge in [0.15, 0.2) is 0 Å². The number of para-hydroxylation sites is 1. The van der Waals surface area contributed by atoms with Gasteiger partial charge in [0, 0.05) is 27.7 Å². The van der Waals surface area contributed by atoms with Crippen LogP contribution in [0.25, 0.3) is 5.69 Å². The molecular weight excluding hydrogens is 520 g/mol. The highest BCUT2D eigenvalue weighted by molar-refractivity contribution is 7.92. The number of hydrogen-bond acceptors (Lipinski definition) is 4. The van der Waals surface area contributed by atoms with E-state index in [0.29, 0.717) is 5.02 Å². The lowest BCUT2D eigenvalue weighted by atomic mass is 10.2. The summed E-state index contributed by atoms with van der Waals surface area (Å²) in [4.78, 5) is 13.0. The molecule has 0 aliphatic heterocycles. The fourth-order valence-electron chi connectivity index (χ4n) is 4.21. The predicted octanol–water partition coefficient (Wildman–Crippen LogP) is 5.71. The van der Waals surface area contributed by atoms with E-state index < -0.39 is 22.5 Å². The van der Waals surface area contributed by atoms with E-state index in [2.05, 4.69) is 34.2 Å². The summed E-state index contributed by atoms with van der Waals surface area (Å²) in [5.74, 6) is -0.592. The van der Waals surface area contributed by atoms with Gasteiger partial charge in [0.2, 0.25) is 0 Å². The molecule has 0 unspecified atom stereocenters. The highest BCUT2D eigenvalue weighted by Crippen LogP contribution is 2.28. The normalized spacial score (nSPS) is 11.6. The van der Waals surface area contributed by atoms with Gasteiger partial charge in [-0.2, -0.15) is 5.10 Å². The van der Waals surface area contributed by atoms with E-state index in [-0.39, 0.29) is 10.6 Å². The van der Waals surface area contributed by atoms with E-state index in [0.717, 1.165) is 38.1 Å². The Kier molecular flexibility index (Phi) is 8.04. The second kappa shape index (κ2) is 11.2. The van der Waals surface area contributed by atoms with Crippen LogP contribution in [0, 0.1) is 27.7 Å². The molecule has 0 fully saturated rings. The van der Waals surface area contributed by atoms with Gasteiger partial charge in [-0.3, -0.25) is 9.10 Å². The number of benzene rings is 3. The maximum absolute atomic E-state index is 13.5. The molecule has 196 valence electrons. The second-order valence-corrected chi connectivity index (χ2v) is 11.3. The van der Waals surface area contributed by atoms with Gasteiger partial charge in [-0.25, -0.2) is 13.8 Å². The van der Waals surface area contributed by atoms with E-state index in [1.54, 1.807) is 36.5 Å². The average Bonchev–Trinajstić information content (AvgIpc) is 3.17. The van der Waals surface area contributed by atoms with Crippen LogP contribution in [-0.2, 0) is 14.8 Å². The number of amides is 1. The molecule has 0 atom stereocenters. The Morgan fingerprint density at radius 2 is 1.63 bits per heavy atom. The van der Waals surface area contributed by atoms with E-state index in [4.69, 9.17) is 11.6 Å². The van der Waals surface area contributed by atoms with Crippen LogP contribution >= 0.6 is 11.6 Å². The maximum atomic E-state index is 13.5. The number of anilines is 1. The van der Waals surface area contributed by atoms with Crippen LogP contribution in [0.3, 0.4) is 0 Å². The molecule has 3 aromatic carbocycles. The van der Waals surface area contributed by atoms with Gasteiger partial charge in [0.05, 0.1) is 16.8 Å². The van der Waals surface area contributed by atoms with Crippen LogP contribution in [0.1, 0.15) is 28.1 Å². The highest BCUT2D eigenvalue weighted by Gasteiger charge is 2.27. The molecule has 0 saturated heterocycles. The molecular formula is C29H29ClN4O3S. The second-order valence-electron chi connectivity index (χ2n) is 9.00. The number of carbonyl (C=O) groups excluding carboxylic acids is 1. The van der Waals surface area contributed by atoms with Crippen molar-refractivity contribution in [2.75, 3.05) is 10.8 Å². The maximum Gasteiger partial charge on any atom is 0.264 e. The molecule has 4 aromatic rings. The lowest BCUT2D eigenvalue weighted by Gasteiger charge is -2.24. The lowest BCUT2D eigenvalue weighted by molar-refractivity contribution is -0.119. The topological polar surface area (TPSA) is 83.8 Å². The van der Waals surface area contributed by atoms with Gasteiger partial charge in [0.1, 0.15) is 6.54 Å². The van der Waals surface area contributed by atoms with Crippen LogP contribution in [0.2, 0.25) is 5.02 Å². The Morgan fingerprint density at radius 3 is 2.32 bits per heavy atom. The molecule has 1 amide bonds. The lowest BCUT2D eigenvalue weighted by Crippen LogP contribution is -2.39. The number of carbonyl (C=O) groups is 1. The van der Waals surface area contributed by atoms with Crippen LogP contribution in [0.15, 0.2) is 88.9 Å². The Balaban J connectivity index is 1.57. The van der Waals surface area contributed by atoms with Crippen molar-refractivity contribution in [3.8, 4) is 5.69 Å². The molecule has 0 bridgehead atoms. The summed E-state index contributed by atoms with van der Waals surface area (Å²) in [6.07, 6.45) is 1.56. The summed E-state index contributed by atoms with van der Waals surface area (Å²) in [5, 5.41) is 4.52. The van der Waals surface area contributed by atoms with Gasteiger partial charge in [-0.15, -0.1) is 0 Å². The number of hydrazone groups is 1. The number of nitrogens with one attached hydrogen (secondary N) is 1. The summed E-state index contributed by atoms with van der Waals surface area (Å²) in [5.41, 5.74) is 8.60. The zero-order valence-electron chi connectivity index (χ0n) is 21.6. The number of aryl methyl sites for hydroxylation is 3. The minimum atomic E-state index is -4.04. The molecule has 7 nitrogen and oxygen atoms in total. The Hall–Kier alpha value is -3.88. The number of hydrogen-bond donors (Lipinski definition) is 1. The van der Waals surface area contributed by atoms with E-state index in [1.807, 2.05) is 39.0 Å². The molecule has 0 spiro atoms. The Morgan fingerprint density at radius 1 is 0.947 bits per heavy atom. The summed E-state index contributed by atoms with van der Waals surface area (Å²) >= 11 is 6.28. The molecule has 0 aliphatic carbocycles. The van der Waals surface area contributed by atoms with Gasteiger partial charge in [-0.05, 0) is 75.2 Å². The molecule has 0 aliphatic rings. The Labute approximate surface area is 228 Å². The van der Waals surface area contributed by atoms with Crippen molar-refractivity contribution in [1.29, 1.82) is 0 Å². The average molecular weight is 549 g/mol. The van der Waals surface area contributed by atoms with Crippen molar-refractivity contribution in [2.24, 2.45) is 5.10 Å². The first-order valence-corrected chi connectivity index (χ1v) is 13.8. The first-order chi connectivity index (χ1) is 18.1. The van der Waals surface area contributed by atoms with Crippen molar-refractivity contribution in [3.05, 3.63) is 112 Å². The molecule has 9 heteroatoms. The van der Waals surface area contributed by atoms with Crippen molar-refractivity contribution in [1.82, 2.24) is 9.99 Å². The number of nitrogens with zero attached hydrogens (tertiary/aromatic N) is 3. The molecule has 38 heavy (non-hydrogen) atoms. The fourth-order valence-corrected chi connectivity index (χ4v) is 5.82. The van der Waals surface area contributed by atoms with Gasteiger partial charge in [-0.1, -0.05) is 54.1 Å². The first kappa shape index (κ1) is 27.2. The third kappa shape index (κ3) is 5.66. The van der Waals surface area contributed by atoms with Crippen LogP contribution in [0.5, 0.6) is 0 Å². The summed E-state index contributed by atoms with van der Waals surface area (Å²) in [6, 6.07) is 22.9. The number of halogens is 1. The molecule has 1 aromatic heterocycles. The standard InChI is InChI=1S/C29H29ClN4O3S/c1-20-14-15-25(17-27(20)30)33(38(36,37)26-11-6-5-7-12-26)19-29(35)32-31-18-24-16-22(3)34(23(24)4)28-13-9-8-10-21(28)2/h5-18H,19H2,1-4H3,(H,32,35)/b31-18-. The van der Waals surface area contributed by atoms with Crippen molar-refractivity contribution in [3.63, 3.8) is 0 Å². The van der Waals surface area contributed by atoms with Crippen LogP contribution < -0.4 is 9.73 Å². The Bertz CT molecular complexity index is 1610. The van der Waals surface area contributed by atoms with Gasteiger partial charge < -0.3 is 4.57 Å². The van der Waals surface area contributed by atoms with Crippen LogP contribution in [-0.4, -0.2) is 31.7 Å². The largest absolute Gasteiger partial charge is 0.318 e. The van der Waals surface area contributed by atoms with Gasteiger partial charge >= 0.3 is 0 Å². The smallest absolute Gasteiger partial charge is 0.264 e. The third-order valence-corrected chi connectivity index (χ3v) is 8.48. The third-order valence-electron chi connectivity index (χ3n) is 6.28. The molecule has 1 N–H and O–H groups in total. The number of aromatic nitrogens is 1. The summed E-state index contributed by atoms with van der Waals surface area (Å²) < 4.78 is 30.1. The van der Waals surface area contributed by atoms with Crippen molar-refractivity contribution in [2.45, 2.75) is 32.6 Å². The van der Waals surface area contributed by atoms with E-state index >= 15 is 0 Å². The highest BCUT2D eigenvalue weighted by atomic mass is 35.5. The first-order valence-electron chi connectivity index (χ1n) is 12.0. The molecule has 0 saturated carbocycles.